The molecule has 0 spiro atoms. The van der Waals surface area contributed by atoms with Crippen LogP contribution in [-0.4, -0.2) is 43.5 Å². The molecule has 32 heavy (non-hydrogen) atoms. The van der Waals surface area contributed by atoms with E-state index in [4.69, 9.17) is 15.9 Å². The molecule has 0 fully saturated rings. The standard InChI is InChI=1S/C22H24N4O5S/c1-2-9-30-16-12-26-21(31-13-16)19(11-23-26)32(28,29)25-22(27)24-20-17-7-3-5-14(17)10-15-6-4-8-18(15)20/h1,10-11,16H,3-9,12-13H2,(H2,24,25,27). The monoisotopic (exact) mass is 456 g/mol. The summed E-state index contributed by atoms with van der Waals surface area (Å²) in [7, 11) is -4.18. The van der Waals surface area contributed by atoms with E-state index in [0.717, 1.165) is 55.3 Å². The van der Waals surface area contributed by atoms with Crippen LogP contribution < -0.4 is 14.8 Å². The van der Waals surface area contributed by atoms with Crippen molar-refractivity contribution in [2.24, 2.45) is 0 Å². The number of urea groups is 1. The number of terminal acetylenes is 1. The molecule has 2 N–H and O–H groups in total. The zero-order valence-electron chi connectivity index (χ0n) is 17.5. The summed E-state index contributed by atoms with van der Waals surface area (Å²) in [4.78, 5) is 12.6. The zero-order chi connectivity index (χ0) is 22.3. The maximum absolute atomic E-state index is 12.9. The molecule has 0 radical (unpaired) electrons. The SMILES string of the molecule is C#CCOC1COc2c(S(=O)(=O)NC(=O)Nc3c4c(cc5c3CCC5)CCC4)cnn2C1. The van der Waals surface area contributed by atoms with Crippen molar-refractivity contribution in [3.05, 3.63) is 34.5 Å². The third-order valence-electron chi connectivity index (χ3n) is 6.17. The summed E-state index contributed by atoms with van der Waals surface area (Å²) in [6.07, 6.45) is 11.9. The van der Waals surface area contributed by atoms with Crippen LogP contribution in [0.1, 0.15) is 35.1 Å². The van der Waals surface area contributed by atoms with E-state index >= 15 is 0 Å². The Morgan fingerprint density at radius 2 is 1.97 bits per heavy atom. The molecule has 0 saturated heterocycles. The van der Waals surface area contributed by atoms with Crippen LogP contribution in [0.2, 0.25) is 0 Å². The number of amides is 2. The predicted octanol–water partition coefficient (Wildman–Crippen LogP) is 1.78. The molecule has 9 nitrogen and oxygen atoms in total. The number of aryl methyl sites for hydroxylation is 2. The summed E-state index contributed by atoms with van der Waals surface area (Å²) in [6.45, 7) is 0.579. The van der Waals surface area contributed by atoms with E-state index < -0.39 is 16.1 Å². The van der Waals surface area contributed by atoms with Crippen LogP contribution in [0, 0.1) is 12.3 Å². The highest BCUT2D eigenvalue weighted by atomic mass is 32.2. The fourth-order valence-corrected chi connectivity index (χ4v) is 5.77. The van der Waals surface area contributed by atoms with Crippen LogP contribution in [0.4, 0.5) is 10.5 Å². The molecule has 2 amide bonds. The molecule has 168 valence electrons. The first-order chi connectivity index (χ1) is 15.5. The van der Waals surface area contributed by atoms with Gasteiger partial charge in [0.15, 0.2) is 4.90 Å². The maximum Gasteiger partial charge on any atom is 0.333 e. The highest BCUT2D eigenvalue weighted by Crippen LogP contribution is 2.38. The van der Waals surface area contributed by atoms with E-state index in [1.54, 1.807) is 0 Å². The van der Waals surface area contributed by atoms with Gasteiger partial charge in [0.05, 0.1) is 12.7 Å². The van der Waals surface area contributed by atoms with Gasteiger partial charge in [-0.3, -0.25) is 0 Å². The second-order valence-corrected chi connectivity index (χ2v) is 9.89. The Bertz CT molecular complexity index is 1200. The van der Waals surface area contributed by atoms with Crippen molar-refractivity contribution in [2.75, 3.05) is 18.5 Å². The topological polar surface area (TPSA) is 112 Å². The molecule has 2 heterocycles. The van der Waals surface area contributed by atoms with Crippen molar-refractivity contribution < 1.29 is 22.7 Å². The number of nitrogens with zero attached hydrogens (tertiary/aromatic N) is 2. The number of ether oxygens (including phenoxy) is 2. The van der Waals surface area contributed by atoms with Crippen LogP contribution in [-0.2, 0) is 47.0 Å². The Balaban J connectivity index is 1.34. The van der Waals surface area contributed by atoms with Crippen molar-refractivity contribution >= 4 is 21.7 Å². The first-order valence-electron chi connectivity index (χ1n) is 10.7. The van der Waals surface area contributed by atoms with E-state index in [1.807, 2.05) is 0 Å². The molecule has 0 bridgehead atoms. The summed E-state index contributed by atoms with van der Waals surface area (Å²) in [6, 6.07) is 1.46. The first kappa shape index (κ1) is 20.8. The molecule has 10 heteroatoms. The van der Waals surface area contributed by atoms with E-state index in [-0.39, 0.29) is 30.1 Å². The molecular formula is C22H24N4O5S. The molecule has 1 aromatic carbocycles. The van der Waals surface area contributed by atoms with E-state index in [9.17, 15) is 13.2 Å². The van der Waals surface area contributed by atoms with Gasteiger partial charge in [0.25, 0.3) is 10.0 Å². The largest absolute Gasteiger partial charge is 0.474 e. The summed E-state index contributed by atoms with van der Waals surface area (Å²) in [5.74, 6) is 2.46. The van der Waals surface area contributed by atoms with Crippen LogP contribution in [0.25, 0.3) is 0 Å². The van der Waals surface area contributed by atoms with Gasteiger partial charge in [0, 0.05) is 5.69 Å². The number of fused-ring (bicyclic) bond motifs is 3. The average molecular weight is 457 g/mol. The predicted molar refractivity (Wildman–Crippen MR) is 116 cm³/mol. The minimum absolute atomic E-state index is 0.0763. The number of anilines is 1. The normalized spacial score (nSPS) is 18.8. The number of nitrogens with one attached hydrogen (secondary N) is 2. The smallest absolute Gasteiger partial charge is 0.333 e. The molecule has 2 aromatic rings. The van der Waals surface area contributed by atoms with Crippen LogP contribution in [0.15, 0.2) is 17.2 Å². The lowest BCUT2D eigenvalue weighted by Gasteiger charge is -2.24. The van der Waals surface area contributed by atoms with Crippen LogP contribution >= 0.6 is 0 Å². The summed E-state index contributed by atoms with van der Waals surface area (Å²) in [5.41, 5.74) is 5.54. The molecular weight excluding hydrogens is 432 g/mol. The van der Waals surface area contributed by atoms with Gasteiger partial charge in [-0.15, -0.1) is 6.42 Å². The number of rotatable bonds is 5. The van der Waals surface area contributed by atoms with Gasteiger partial charge in [-0.05, 0) is 60.8 Å². The Labute approximate surface area is 186 Å². The minimum Gasteiger partial charge on any atom is -0.474 e. The summed E-state index contributed by atoms with van der Waals surface area (Å²) in [5, 5.41) is 6.91. The fraction of sp³-hybridized carbons (Fsp3) is 0.455. The molecule has 1 aromatic heterocycles. The van der Waals surface area contributed by atoms with E-state index in [1.165, 1.54) is 22.0 Å². The van der Waals surface area contributed by atoms with Gasteiger partial charge in [-0.1, -0.05) is 12.0 Å². The Kier molecular flexibility index (Phi) is 5.31. The van der Waals surface area contributed by atoms with Gasteiger partial charge in [0.2, 0.25) is 5.88 Å². The highest BCUT2D eigenvalue weighted by molar-refractivity contribution is 7.90. The number of aromatic nitrogens is 2. The number of benzene rings is 1. The minimum atomic E-state index is -4.18. The van der Waals surface area contributed by atoms with Crippen LogP contribution in [0.3, 0.4) is 0 Å². The Hall–Kier alpha value is -3.03. The highest BCUT2D eigenvalue weighted by Gasteiger charge is 2.32. The van der Waals surface area contributed by atoms with Crippen molar-refractivity contribution in [3.8, 4) is 18.2 Å². The second-order valence-electron chi connectivity index (χ2n) is 8.24. The van der Waals surface area contributed by atoms with Gasteiger partial charge in [0.1, 0.15) is 19.3 Å². The van der Waals surface area contributed by atoms with Gasteiger partial charge in [-0.25, -0.2) is 22.6 Å². The lowest BCUT2D eigenvalue weighted by molar-refractivity contribution is 0.00159. The molecule has 3 aliphatic rings. The van der Waals surface area contributed by atoms with E-state index in [2.05, 4.69) is 27.1 Å². The van der Waals surface area contributed by atoms with Crippen LogP contribution in [0.5, 0.6) is 5.88 Å². The molecule has 1 atom stereocenters. The van der Waals surface area contributed by atoms with Crippen molar-refractivity contribution in [1.82, 2.24) is 14.5 Å². The van der Waals surface area contributed by atoms with Crippen molar-refractivity contribution in [3.63, 3.8) is 0 Å². The molecule has 2 aliphatic carbocycles. The molecule has 1 unspecified atom stereocenters. The third-order valence-corrected chi connectivity index (χ3v) is 7.49. The van der Waals surface area contributed by atoms with Gasteiger partial charge < -0.3 is 14.8 Å². The summed E-state index contributed by atoms with van der Waals surface area (Å²) < 4.78 is 40.4. The Morgan fingerprint density at radius 3 is 2.66 bits per heavy atom. The Morgan fingerprint density at radius 1 is 1.25 bits per heavy atom. The zero-order valence-corrected chi connectivity index (χ0v) is 18.3. The van der Waals surface area contributed by atoms with Crippen molar-refractivity contribution in [1.29, 1.82) is 0 Å². The number of carbonyl (C=O) groups is 1. The van der Waals surface area contributed by atoms with E-state index in [0.29, 0.717) is 6.54 Å². The number of hydrogen-bond donors (Lipinski definition) is 2. The molecule has 5 rings (SSSR count). The molecule has 1 aliphatic heterocycles. The van der Waals surface area contributed by atoms with Gasteiger partial charge in [-0.2, -0.15) is 5.10 Å². The quantitative estimate of drug-likeness (QED) is 0.664. The fourth-order valence-electron chi connectivity index (χ4n) is 4.78. The summed E-state index contributed by atoms with van der Waals surface area (Å²) >= 11 is 0. The number of hydrogen-bond acceptors (Lipinski definition) is 6. The van der Waals surface area contributed by atoms with Crippen molar-refractivity contribution in [2.45, 2.75) is 56.1 Å². The average Bonchev–Trinajstić information content (AvgIpc) is 3.50. The second kappa shape index (κ2) is 8.15. The first-order valence-corrected chi connectivity index (χ1v) is 12.2. The maximum atomic E-state index is 12.9. The number of sulfonamides is 1. The lowest BCUT2D eigenvalue weighted by Crippen LogP contribution is -2.36. The molecule has 0 saturated carbocycles. The third kappa shape index (κ3) is 3.72. The van der Waals surface area contributed by atoms with Gasteiger partial charge >= 0.3 is 6.03 Å². The number of carbonyl (C=O) groups excluding carboxylic acids is 1. The lowest BCUT2D eigenvalue weighted by atomic mass is 9.99.